The Morgan fingerprint density at radius 2 is 2.11 bits per heavy atom. The van der Waals surface area contributed by atoms with E-state index < -0.39 is 10.0 Å². The second-order valence-corrected chi connectivity index (χ2v) is 7.34. The number of sulfonamides is 1. The van der Waals surface area contributed by atoms with Crippen molar-refractivity contribution in [2.75, 3.05) is 25.4 Å². The van der Waals surface area contributed by atoms with Gasteiger partial charge in [0.15, 0.2) is 0 Å². The van der Waals surface area contributed by atoms with E-state index in [1.165, 1.54) is 6.07 Å². The summed E-state index contributed by atoms with van der Waals surface area (Å²) in [6, 6.07) is 1.41. The van der Waals surface area contributed by atoms with E-state index in [0.29, 0.717) is 5.69 Å². The summed E-state index contributed by atoms with van der Waals surface area (Å²) in [4.78, 5) is 13.5. The molecule has 0 unspecified atom stereocenters. The molecule has 1 saturated heterocycles. The molecule has 1 aromatic heterocycles. The van der Waals surface area contributed by atoms with Gasteiger partial charge < -0.3 is 10.6 Å². The van der Waals surface area contributed by atoms with Gasteiger partial charge in [0.2, 0.25) is 15.9 Å². The van der Waals surface area contributed by atoms with E-state index in [9.17, 15) is 13.2 Å². The van der Waals surface area contributed by atoms with Crippen molar-refractivity contribution in [1.82, 2.24) is 9.62 Å². The van der Waals surface area contributed by atoms with Crippen LogP contribution in [0.1, 0.15) is 19.3 Å². The van der Waals surface area contributed by atoms with Crippen LogP contribution in [0.4, 0.5) is 5.69 Å². The second kappa shape index (κ2) is 5.89. The highest BCUT2D eigenvalue weighted by molar-refractivity contribution is 7.91. The zero-order valence-corrected chi connectivity index (χ0v) is 12.1. The highest BCUT2D eigenvalue weighted by atomic mass is 32.2. The average molecular weight is 303 g/mol. The molecule has 0 radical (unpaired) electrons. The molecule has 1 aromatic rings. The van der Waals surface area contributed by atoms with Crippen molar-refractivity contribution in [2.24, 2.45) is 0 Å². The molecule has 6 nitrogen and oxygen atoms in total. The molecule has 0 saturated carbocycles. The Bertz CT molecular complexity index is 547. The van der Waals surface area contributed by atoms with Gasteiger partial charge in [0, 0.05) is 37.1 Å². The molecule has 1 aliphatic heterocycles. The number of nitrogens with zero attached hydrogens (tertiary/aromatic N) is 1. The summed E-state index contributed by atoms with van der Waals surface area (Å²) < 4.78 is 26.3. The summed E-state index contributed by atoms with van der Waals surface area (Å²) in [5.41, 5.74) is 5.92. The Kier molecular flexibility index (Phi) is 4.43. The highest BCUT2D eigenvalue weighted by Crippen LogP contribution is 2.21. The summed E-state index contributed by atoms with van der Waals surface area (Å²) in [5.74, 6) is 0.00546. The first kappa shape index (κ1) is 14.3. The fourth-order valence-corrected chi connectivity index (χ4v) is 4.12. The topological polar surface area (TPSA) is 92.5 Å². The Balaban J connectivity index is 1.83. The van der Waals surface area contributed by atoms with Gasteiger partial charge in [0.1, 0.15) is 4.21 Å². The van der Waals surface area contributed by atoms with Crippen LogP contribution in [0, 0.1) is 0 Å². The van der Waals surface area contributed by atoms with Crippen LogP contribution in [0.5, 0.6) is 0 Å². The van der Waals surface area contributed by atoms with Gasteiger partial charge in [-0.1, -0.05) is 0 Å². The lowest BCUT2D eigenvalue weighted by molar-refractivity contribution is -0.129. The average Bonchev–Trinajstić information content (AvgIpc) is 2.99. The summed E-state index contributed by atoms with van der Waals surface area (Å²) in [5, 5.41) is 1.57. The lowest BCUT2D eigenvalue weighted by Crippen LogP contribution is -2.32. The summed E-state index contributed by atoms with van der Waals surface area (Å²) in [6.07, 6.45) is 2.26. The zero-order valence-electron chi connectivity index (χ0n) is 10.5. The second-order valence-electron chi connectivity index (χ2n) is 4.43. The van der Waals surface area contributed by atoms with E-state index in [-0.39, 0.29) is 23.1 Å². The molecule has 106 valence electrons. The van der Waals surface area contributed by atoms with Gasteiger partial charge in [-0.25, -0.2) is 13.1 Å². The Morgan fingerprint density at radius 1 is 1.42 bits per heavy atom. The zero-order chi connectivity index (χ0) is 13.9. The van der Waals surface area contributed by atoms with E-state index in [0.717, 1.165) is 37.3 Å². The predicted molar refractivity (Wildman–Crippen MR) is 74.4 cm³/mol. The van der Waals surface area contributed by atoms with Crippen LogP contribution in [-0.4, -0.2) is 38.9 Å². The number of carbonyl (C=O) groups excluding carboxylic acids is 1. The molecule has 1 fully saturated rings. The van der Waals surface area contributed by atoms with Crippen molar-refractivity contribution in [3.8, 4) is 0 Å². The molecule has 0 aromatic carbocycles. The van der Waals surface area contributed by atoms with Gasteiger partial charge in [-0.2, -0.15) is 0 Å². The first-order valence-corrected chi connectivity index (χ1v) is 8.47. The third-order valence-corrected chi connectivity index (χ3v) is 5.87. The number of hydrogen-bond donors (Lipinski definition) is 2. The van der Waals surface area contributed by atoms with Gasteiger partial charge in [0.05, 0.1) is 0 Å². The summed E-state index contributed by atoms with van der Waals surface area (Å²) in [7, 11) is -3.54. The Morgan fingerprint density at radius 3 is 2.68 bits per heavy atom. The van der Waals surface area contributed by atoms with Crippen molar-refractivity contribution < 1.29 is 13.2 Å². The molecule has 1 amide bonds. The lowest BCUT2D eigenvalue weighted by Gasteiger charge is -2.14. The maximum Gasteiger partial charge on any atom is 0.250 e. The number of hydrogen-bond acceptors (Lipinski definition) is 5. The maximum atomic E-state index is 11.9. The van der Waals surface area contributed by atoms with Crippen LogP contribution in [0.15, 0.2) is 15.7 Å². The minimum absolute atomic E-state index is 0.00546. The van der Waals surface area contributed by atoms with Gasteiger partial charge in [-0.05, 0) is 18.9 Å². The molecule has 8 heteroatoms. The molecule has 0 aliphatic carbocycles. The first-order chi connectivity index (χ1) is 8.99. The Labute approximate surface area is 116 Å². The van der Waals surface area contributed by atoms with E-state index in [1.807, 2.05) is 0 Å². The van der Waals surface area contributed by atoms with Crippen LogP contribution >= 0.6 is 11.3 Å². The van der Waals surface area contributed by atoms with Crippen LogP contribution in [-0.2, 0) is 14.8 Å². The van der Waals surface area contributed by atoms with Crippen LogP contribution in [0.25, 0.3) is 0 Å². The molecule has 0 spiro atoms. The fourth-order valence-electron chi connectivity index (χ4n) is 1.96. The maximum absolute atomic E-state index is 11.9. The number of rotatable bonds is 5. The van der Waals surface area contributed by atoms with Gasteiger partial charge in [-0.15, -0.1) is 11.3 Å². The third-order valence-electron chi connectivity index (χ3n) is 2.95. The van der Waals surface area contributed by atoms with Gasteiger partial charge in [-0.3, -0.25) is 4.79 Å². The van der Waals surface area contributed by atoms with Crippen LogP contribution in [0.2, 0.25) is 0 Å². The number of nitrogens with two attached hydrogens (primary N) is 1. The molecule has 2 heterocycles. The van der Waals surface area contributed by atoms with Crippen LogP contribution < -0.4 is 10.5 Å². The molecule has 2 rings (SSSR count). The molecule has 19 heavy (non-hydrogen) atoms. The number of carbonyl (C=O) groups is 1. The SMILES string of the molecule is Nc1csc(S(=O)(=O)NCCC(=O)N2CCCC2)c1. The number of likely N-dealkylation sites (tertiary alicyclic amines) is 1. The third kappa shape index (κ3) is 3.68. The van der Waals surface area contributed by atoms with E-state index in [4.69, 9.17) is 5.73 Å². The van der Waals surface area contributed by atoms with Crippen molar-refractivity contribution in [3.05, 3.63) is 11.4 Å². The van der Waals surface area contributed by atoms with E-state index >= 15 is 0 Å². The number of anilines is 1. The molecule has 0 bridgehead atoms. The summed E-state index contributed by atoms with van der Waals surface area (Å²) >= 11 is 1.07. The fraction of sp³-hybridized carbons (Fsp3) is 0.545. The van der Waals surface area contributed by atoms with Gasteiger partial charge >= 0.3 is 0 Å². The standard InChI is InChI=1S/C11H17N3O3S2/c12-9-7-11(18-8-9)19(16,17)13-4-3-10(15)14-5-1-2-6-14/h7-8,13H,1-6,12H2. The minimum Gasteiger partial charge on any atom is -0.398 e. The smallest absolute Gasteiger partial charge is 0.250 e. The molecular formula is C11H17N3O3S2. The number of nitrogens with one attached hydrogen (secondary N) is 1. The largest absolute Gasteiger partial charge is 0.398 e. The first-order valence-electron chi connectivity index (χ1n) is 6.10. The minimum atomic E-state index is -3.54. The molecule has 1 aliphatic rings. The van der Waals surface area contributed by atoms with Crippen LogP contribution in [0.3, 0.4) is 0 Å². The Hall–Kier alpha value is -1.12. The normalized spacial score (nSPS) is 15.9. The molecule has 3 N–H and O–H groups in total. The van der Waals surface area contributed by atoms with E-state index in [2.05, 4.69) is 4.72 Å². The quantitative estimate of drug-likeness (QED) is 0.834. The molecular weight excluding hydrogens is 286 g/mol. The highest BCUT2D eigenvalue weighted by Gasteiger charge is 2.20. The molecule has 0 atom stereocenters. The predicted octanol–water partition coefficient (Wildman–Crippen LogP) is 0.621. The summed E-state index contributed by atoms with van der Waals surface area (Å²) in [6.45, 7) is 1.69. The number of amides is 1. The van der Waals surface area contributed by atoms with E-state index in [1.54, 1.807) is 10.3 Å². The number of nitrogen functional groups attached to an aromatic ring is 1. The monoisotopic (exact) mass is 303 g/mol. The van der Waals surface area contributed by atoms with Gasteiger partial charge in [0.25, 0.3) is 0 Å². The van der Waals surface area contributed by atoms with Crippen molar-refractivity contribution in [3.63, 3.8) is 0 Å². The number of thiophene rings is 1. The lowest BCUT2D eigenvalue weighted by atomic mass is 10.4. The van der Waals surface area contributed by atoms with Crippen molar-refractivity contribution in [2.45, 2.75) is 23.5 Å². The van der Waals surface area contributed by atoms with Crippen molar-refractivity contribution in [1.29, 1.82) is 0 Å². The van der Waals surface area contributed by atoms with Crippen molar-refractivity contribution >= 4 is 33.0 Å².